The van der Waals surface area contributed by atoms with Crippen molar-refractivity contribution in [2.45, 2.75) is 19.4 Å². The first-order valence-electron chi connectivity index (χ1n) is 6.23. The van der Waals surface area contributed by atoms with Gasteiger partial charge in [-0.05, 0) is 12.5 Å². The first kappa shape index (κ1) is 15.7. The number of nitrogens with one attached hydrogen (secondary N) is 1. The monoisotopic (exact) mass is 281 g/mol. The Bertz CT molecular complexity index is 408. The van der Waals surface area contributed by atoms with Gasteiger partial charge >= 0.3 is 5.97 Å². The van der Waals surface area contributed by atoms with Gasteiger partial charge in [0.05, 0.1) is 13.2 Å². The van der Waals surface area contributed by atoms with E-state index in [4.69, 9.17) is 4.74 Å². The molecule has 0 amide bonds. The predicted octanol–water partition coefficient (Wildman–Crippen LogP) is 1.25. The molecule has 1 N–H and O–H groups in total. The van der Waals surface area contributed by atoms with Gasteiger partial charge < -0.3 is 4.74 Å². The molecule has 0 saturated carbocycles. The fourth-order valence-corrected chi connectivity index (χ4v) is 1.87. The lowest BCUT2D eigenvalue weighted by Crippen LogP contribution is -2.42. The van der Waals surface area contributed by atoms with Crippen LogP contribution in [-0.2, 0) is 20.7 Å². The molecule has 0 unspecified atom stereocenters. The topological polar surface area (TPSA) is 55.4 Å². The fraction of sp³-hybridized carbons (Fsp3) is 0.429. The maximum Gasteiger partial charge on any atom is 0.323 e. The van der Waals surface area contributed by atoms with Crippen molar-refractivity contribution < 1.29 is 14.3 Å². The Balaban J connectivity index is 2.38. The predicted molar refractivity (Wildman–Crippen MR) is 77.4 cm³/mol. The van der Waals surface area contributed by atoms with Gasteiger partial charge in [-0.15, -0.1) is 0 Å². The number of ketones is 1. The van der Waals surface area contributed by atoms with E-state index in [9.17, 15) is 9.59 Å². The van der Waals surface area contributed by atoms with E-state index in [1.807, 2.05) is 30.3 Å². The zero-order valence-electron chi connectivity index (χ0n) is 11.0. The van der Waals surface area contributed by atoms with Crippen molar-refractivity contribution in [1.29, 1.82) is 0 Å². The molecule has 0 radical (unpaired) electrons. The van der Waals surface area contributed by atoms with E-state index in [1.54, 1.807) is 6.92 Å². The second-order valence-corrected chi connectivity index (χ2v) is 4.43. The minimum Gasteiger partial charge on any atom is -0.465 e. The third kappa shape index (κ3) is 5.89. The molecule has 1 aromatic carbocycles. The van der Waals surface area contributed by atoms with E-state index < -0.39 is 6.04 Å². The maximum absolute atomic E-state index is 11.8. The number of rotatable bonds is 8. The Morgan fingerprint density at radius 1 is 1.32 bits per heavy atom. The lowest BCUT2D eigenvalue weighted by molar-refractivity contribution is -0.145. The third-order valence-corrected chi connectivity index (χ3v) is 2.91. The third-order valence-electron chi connectivity index (χ3n) is 2.54. The first-order chi connectivity index (χ1) is 9.17. The van der Waals surface area contributed by atoms with Crippen LogP contribution in [0.15, 0.2) is 30.3 Å². The molecule has 1 aromatic rings. The minimum absolute atomic E-state index is 0.0299. The van der Waals surface area contributed by atoms with E-state index in [-0.39, 0.29) is 18.3 Å². The van der Waals surface area contributed by atoms with Crippen molar-refractivity contribution in [3.8, 4) is 0 Å². The summed E-state index contributed by atoms with van der Waals surface area (Å²) in [6.07, 6.45) is 0.357. The van der Waals surface area contributed by atoms with Gasteiger partial charge in [0, 0.05) is 12.2 Å². The highest BCUT2D eigenvalue weighted by molar-refractivity contribution is 7.80. The van der Waals surface area contributed by atoms with Crippen LogP contribution in [0.3, 0.4) is 0 Å². The summed E-state index contributed by atoms with van der Waals surface area (Å²) in [5.74, 6) is -0.0374. The Hall–Kier alpha value is -1.33. The summed E-state index contributed by atoms with van der Waals surface area (Å²) in [5.41, 5.74) is 0.966. The summed E-state index contributed by atoms with van der Waals surface area (Å²) in [4.78, 5) is 23.3. The summed E-state index contributed by atoms with van der Waals surface area (Å²) in [5, 5.41) is 2.87. The number of ether oxygens (including phenoxy) is 1. The molecule has 0 bridgehead atoms. The van der Waals surface area contributed by atoms with Crippen molar-refractivity contribution in [3.05, 3.63) is 35.9 Å². The molecular formula is C14H19NO3S. The van der Waals surface area contributed by atoms with Crippen molar-refractivity contribution in [2.75, 3.05) is 18.9 Å². The van der Waals surface area contributed by atoms with Crippen LogP contribution >= 0.6 is 12.6 Å². The van der Waals surface area contributed by atoms with Gasteiger partial charge in [-0.2, -0.15) is 12.6 Å². The maximum atomic E-state index is 11.8. The van der Waals surface area contributed by atoms with Crippen LogP contribution in [0.4, 0.5) is 0 Å². The zero-order valence-corrected chi connectivity index (χ0v) is 11.9. The van der Waals surface area contributed by atoms with Crippen LogP contribution in [-0.4, -0.2) is 36.7 Å². The van der Waals surface area contributed by atoms with Crippen molar-refractivity contribution >= 4 is 24.4 Å². The molecule has 19 heavy (non-hydrogen) atoms. The first-order valence-corrected chi connectivity index (χ1v) is 6.87. The zero-order chi connectivity index (χ0) is 14.1. The molecule has 1 atom stereocenters. The Kier molecular flexibility index (Phi) is 7.22. The SMILES string of the molecule is CCOC(=O)[C@@H](CS)NCC(=O)Cc1ccccc1. The molecule has 1 rings (SSSR count). The van der Waals surface area contributed by atoms with Crippen LogP contribution in [0.2, 0.25) is 0 Å². The highest BCUT2D eigenvalue weighted by Gasteiger charge is 2.18. The van der Waals surface area contributed by atoms with E-state index >= 15 is 0 Å². The van der Waals surface area contributed by atoms with Crippen molar-refractivity contribution in [2.24, 2.45) is 0 Å². The number of esters is 1. The molecule has 5 heteroatoms. The van der Waals surface area contributed by atoms with E-state index in [0.29, 0.717) is 18.8 Å². The van der Waals surface area contributed by atoms with E-state index in [2.05, 4.69) is 17.9 Å². The molecule has 0 heterocycles. The number of hydrogen-bond acceptors (Lipinski definition) is 5. The number of hydrogen-bond donors (Lipinski definition) is 2. The highest BCUT2D eigenvalue weighted by Crippen LogP contribution is 2.00. The normalized spacial score (nSPS) is 11.9. The highest BCUT2D eigenvalue weighted by atomic mass is 32.1. The second kappa shape index (κ2) is 8.72. The number of carbonyl (C=O) groups is 2. The smallest absolute Gasteiger partial charge is 0.323 e. The Labute approximate surface area is 118 Å². The molecule has 0 saturated heterocycles. The fourth-order valence-electron chi connectivity index (χ4n) is 1.59. The van der Waals surface area contributed by atoms with E-state index in [1.165, 1.54) is 0 Å². The van der Waals surface area contributed by atoms with Crippen LogP contribution in [0.1, 0.15) is 12.5 Å². The van der Waals surface area contributed by atoms with Gasteiger partial charge in [0.15, 0.2) is 5.78 Å². The van der Waals surface area contributed by atoms with Crippen LogP contribution in [0.5, 0.6) is 0 Å². The summed E-state index contributed by atoms with van der Waals surface area (Å²) >= 11 is 4.07. The molecule has 0 aliphatic heterocycles. The number of carbonyl (C=O) groups excluding carboxylic acids is 2. The summed E-state index contributed by atoms with van der Waals surface area (Å²) in [7, 11) is 0. The molecule has 0 aliphatic carbocycles. The average Bonchev–Trinajstić information content (AvgIpc) is 2.41. The van der Waals surface area contributed by atoms with Crippen LogP contribution < -0.4 is 5.32 Å². The lowest BCUT2D eigenvalue weighted by Gasteiger charge is -2.14. The van der Waals surface area contributed by atoms with Crippen LogP contribution in [0, 0.1) is 0 Å². The molecular weight excluding hydrogens is 262 g/mol. The summed E-state index contributed by atoms with van der Waals surface area (Å²) in [6, 6.07) is 8.96. The van der Waals surface area contributed by atoms with Gasteiger partial charge in [0.2, 0.25) is 0 Å². The Morgan fingerprint density at radius 3 is 2.58 bits per heavy atom. The quantitative estimate of drug-likeness (QED) is 0.556. The van der Waals surface area contributed by atoms with E-state index in [0.717, 1.165) is 5.56 Å². The minimum atomic E-state index is -0.539. The average molecular weight is 281 g/mol. The van der Waals surface area contributed by atoms with Gasteiger partial charge in [0.1, 0.15) is 6.04 Å². The lowest BCUT2D eigenvalue weighted by atomic mass is 10.1. The van der Waals surface area contributed by atoms with Crippen LogP contribution in [0.25, 0.3) is 0 Å². The number of thiol groups is 1. The molecule has 0 spiro atoms. The summed E-state index contributed by atoms with van der Waals surface area (Å²) < 4.78 is 4.88. The van der Waals surface area contributed by atoms with Gasteiger partial charge in [-0.1, -0.05) is 30.3 Å². The Morgan fingerprint density at radius 2 is 2.00 bits per heavy atom. The standard InChI is InChI=1S/C14H19NO3S/c1-2-18-14(17)13(10-19)15-9-12(16)8-11-6-4-3-5-7-11/h3-7,13,15,19H,2,8-10H2,1H3/t13-/m1/s1. The summed E-state index contributed by atoms with van der Waals surface area (Å²) in [6.45, 7) is 2.20. The number of Topliss-reactive ketones (excluding diaryl/α,β-unsaturated/α-hetero) is 1. The largest absolute Gasteiger partial charge is 0.465 e. The van der Waals surface area contributed by atoms with Crippen molar-refractivity contribution in [3.63, 3.8) is 0 Å². The number of benzene rings is 1. The molecule has 0 aromatic heterocycles. The van der Waals surface area contributed by atoms with Gasteiger partial charge in [-0.3, -0.25) is 14.9 Å². The molecule has 4 nitrogen and oxygen atoms in total. The second-order valence-electron chi connectivity index (χ2n) is 4.07. The molecule has 104 valence electrons. The van der Waals surface area contributed by atoms with Crippen molar-refractivity contribution in [1.82, 2.24) is 5.32 Å². The molecule has 0 aliphatic rings. The van der Waals surface area contributed by atoms with Gasteiger partial charge in [-0.25, -0.2) is 0 Å². The molecule has 0 fully saturated rings. The van der Waals surface area contributed by atoms with Gasteiger partial charge in [0.25, 0.3) is 0 Å².